The van der Waals surface area contributed by atoms with Gasteiger partial charge < -0.3 is 10.2 Å². The Bertz CT molecular complexity index is 900. The summed E-state index contributed by atoms with van der Waals surface area (Å²) < 4.78 is 0. The van der Waals surface area contributed by atoms with Crippen LogP contribution in [-0.2, 0) is 0 Å². The molecule has 10 nitrogen and oxygen atoms in total. The first-order chi connectivity index (χ1) is 11.2. The molecular formula is C14H6N2O8. The van der Waals surface area contributed by atoms with Gasteiger partial charge in [-0.05, 0) is 12.1 Å². The molecule has 0 amide bonds. The van der Waals surface area contributed by atoms with Crippen LogP contribution in [0.2, 0.25) is 0 Å². The van der Waals surface area contributed by atoms with Crippen LogP contribution < -0.4 is 0 Å². The Balaban J connectivity index is 2.43. The molecule has 1 aliphatic carbocycles. The lowest BCUT2D eigenvalue weighted by Crippen LogP contribution is -2.23. The van der Waals surface area contributed by atoms with Crippen LogP contribution in [0.1, 0.15) is 31.8 Å². The molecule has 1 aliphatic rings. The van der Waals surface area contributed by atoms with E-state index in [9.17, 15) is 40.0 Å². The van der Waals surface area contributed by atoms with Crippen LogP contribution in [0.4, 0.5) is 11.4 Å². The highest BCUT2D eigenvalue weighted by molar-refractivity contribution is 6.31. The number of ketones is 2. The van der Waals surface area contributed by atoms with E-state index in [0.717, 1.165) is 12.1 Å². The van der Waals surface area contributed by atoms with Gasteiger partial charge in [-0.1, -0.05) is 0 Å². The van der Waals surface area contributed by atoms with Crippen LogP contribution in [0.5, 0.6) is 11.5 Å². The van der Waals surface area contributed by atoms with E-state index in [-0.39, 0.29) is 0 Å². The van der Waals surface area contributed by atoms with Crippen LogP contribution in [0.25, 0.3) is 0 Å². The lowest BCUT2D eigenvalue weighted by atomic mass is 9.82. The summed E-state index contributed by atoms with van der Waals surface area (Å²) in [6.07, 6.45) is 0. The van der Waals surface area contributed by atoms with Gasteiger partial charge in [0.05, 0.1) is 22.0 Å². The second kappa shape index (κ2) is 4.84. The number of carbonyl (C=O) groups excluding carboxylic acids is 2. The molecule has 0 bridgehead atoms. The molecule has 2 N–H and O–H groups in total. The summed E-state index contributed by atoms with van der Waals surface area (Å²) in [5, 5.41) is 41.3. The third-order valence-electron chi connectivity index (χ3n) is 3.54. The van der Waals surface area contributed by atoms with E-state index in [4.69, 9.17) is 0 Å². The number of phenols is 2. The molecule has 2 aromatic carbocycles. The second-order valence-electron chi connectivity index (χ2n) is 4.95. The predicted octanol–water partition coefficient (Wildman–Crippen LogP) is 1.69. The fraction of sp³-hybridized carbons (Fsp3) is 0. The average molecular weight is 330 g/mol. The van der Waals surface area contributed by atoms with Crippen molar-refractivity contribution >= 4 is 22.9 Å². The summed E-state index contributed by atoms with van der Waals surface area (Å²) in [5.41, 5.74) is -3.80. The van der Waals surface area contributed by atoms with E-state index in [1.165, 1.54) is 0 Å². The molecule has 0 fully saturated rings. The van der Waals surface area contributed by atoms with Crippen molar-refractivity contribution < 1.29 is 29.6 Å². The predicted molar refractivity (Wildman–Crippen MR) is 76.4 cm³/mol. The SMILES string of the molecule is O=C1c2cc(O)cc([N+](=O)[O-])c2C(=O)c2cc(O)cc([N+](=O)[O-])c21. The number of rotatable bonds is 2. The molecule has 0 radical (unpaired) electrons. The molecule has 0 unspecified atom stereocenters. The molecule has 0 aromatic heterocycles. The van der Waals surface area contributed by atoms with E-state index in [1.807, 2.05) is 0 Å². The summed E-state index contributed by atoms with van der Waals surface area (Å²) in [7, 11) is 0. The number of nitro groups is 2. The summed E-state index contributed by atoms with van der Waals surface area (Å²) in [6.45, 7) is 0. The summed E-state index contributed by atoms with van der Waals surface area (Å²) in [4.78, 5) is 45.4. The molecule has 3 rings (SSSR count). The molecule has 24 heavy (non-hydrogen) atoms. The lowest BCUT2D eigenvalue weighted by Gasteiger charge is -2.17. The highest BCUT2D eigenvalue weighted by atomic mass is 16.6. The van der Waals surface area contributed by atoms with Crippen molar-refractivity contribution in [3.63, 3.8) is 0 Å². The zero-order valence-corrected chi connectivity index (χ0v) is 11.5. The number of aromatic hydroxyl groups is 2. The van der Waals surface area contributed by atoms with Crippen molar-refractivity contribution in [2.45, 2.75) is 0 Å². The number of fused-ring (bicyclic) bond motifs is 2. The molecule has 0 heterocycles. The average Bonchev–Trinajstić information content (AvgIpc) is 2.50. The van der Waals surface area contributed by atoms with Gasteiger partial charge in [0.25, 0.3) is 11.4 Å². The molecule has 120 valence electrons. The first-order valence-electron chi connectivity index (χ1n) is 6.34. The summed E-state index contributed by atoms with van der Waals surface area (Å²) >= 11 is 0. The molecule has 10 heteroatoms. The fourth-order valence-electron chi connectivity index (χ4n) is 2.62. The van der Waals surface area contributed by atoms with Crippen molar-refractivity contribution in [3.05, 3.63) is 66.7 Å². The number of hydrogen-bond acceptors (Lipinski definition) is 8. The van der Waals surface area contributed by atoms with Crippen molar-refractivity contribution in [3.8, 4) is 11.5 Å². The summed E-state index contributed by atoms with van der Waals surface area (Å²) in [6, 6.07) is 3.07. The number of phenolic OH excluding ortho intramolecular Hbond substituents is 2. The smallest absolute Gasteiger partial charge is 0.285 e. The van der Waals surface area contributed by atoms with Gasteiger partial charge >= 0.3 is 0 Å². The highest BCUT2D eigenvalue weighted by Crippen LogP contribution is 2.40. The normalized spacial score (nSPS) is 12.5. The first kappa shape index (κ1) is 15.1. The number of hydrogen-bond donors (Lipinski definition) is 2. The first-order valence-corrected chi connectivity index (χ1v) is 6.34. The number of nitro benzene ring substituents is 2. The van der Waals surface area contributed by atoms with Crippen LogP contribution in [0, 0.1) is 20.2 Å². The molecule has 0 aliphatic heterocycles. The van der Waals surface area contributed by atoms with Gasteiger partial charge in [0.2, 0.25) is 11.6 Å². The van der Waals surface area contributed by atoms with Gasteiger partial charge in [0.1, 0.15) is 22.6 Å². The Morgan fingerprint density at radius 3 is 1.33 bits per heavy atom. The van der Waals surface area contributed by atoms with Gasteiger partial charge in [-0.3, -0.25) is 29.8 Å². The Morgan fingerprint density at radius 2 is 1.04 bits per heavy atom. The van der Waals surface area contributed by atoms with Crippen LogP contribution in [-0.4, -0.2) is 31.6 Å². The molecule has 0 saturated carbocycles. The summed E-state index contributed by atoms with van der Waals surface area (Å²) in [5.74, 6) is -3.31. The highest BCUT2D eigenvalue weighted by Gasteiger charge is 2.40. The monoisotopic (exact) mass is 330 g/mol. The van der Waals surface area contributed by atoms with Crippen molar-refractivity contribution in [1.82, 2.24) is 0 Å². The third-order valence-corrected chi connectivity index (χ3v) is 3.54. The number of nitrogens with zero attached hydrogens (tertiary/aromatic N) is 2. The van der Waals surface area contributed by atoms with E-state index >= 15 is 0 Å². The maximum absolute atomic E-state index is 12.5. The van der Waals surface area contributed by atoms with Gasteiger partial charge in [-0.2, -0.15) is 0 Å². The molecule has 2 aromatic rings. The van der Waals surface area contributed by atoms with Crippen molar-refractivity contribution in [2.24, 2.45) is 0 Å². The Hall–Kier alpha value is -3.82. The van der Waals surface area contributed by atoms with Crippen molar-refractivity contribution in [1.29, 1.82) is 0 Å². The Labute approximate surface area is 131 Å². The van der Waals surface area contributed by atoms with Crippen molar-refractivity contribution in [2.75, 3.05) is 0 Å². The van der Waals surface area contributed by atoms with Gasteiger partial charge in [0.15, 0.2) is 0 Å². The van der Waals surface area contributed by atoms with Gasteiger partial charge in [-0.25, -0.2) is 0 Å². The largest absolute Gasteiger partial charge is 0.508 e. The topological polar surface area (TPSA) is 161 Å². The maximum Gasteiger partial charge on any atom is 0.285 e. The maximum atomic E-state index is 12.5. The third kappa shape index (κ3) is 1.97. The molecule has 0 spiro atoms. The Morgan fingerprint density at radius 1 is 0.708 bits per heavy atom. The number of benzene rings is 2. The van der Waals surface area contributed by atoms with E-state index in [1.54, 1.807) is 0 Å². The quantitative estimate of drug-likeness (QED) is 0.530. The Kier molecular flexibility index (Phi) is 3.04. The minimum absolute atomic E-state index is 0.506. The van der Waals surface area contributed by atoms with Crippen LogP contribution >= 0.6 is 0 Å². The second-order valence-corrected chi connectivity index (χ2v) is 4.95. The van der Waals surface area contributed by atoms with E-state index in [0.29, 0.717) is 12.1 Å². The zero-order valence-electron chi connectivity index (χ0n) is 11.5. The van der Waals surface area contributed by atoms with Gasteiger partial charge in [-0.15, -0.1) is 0 Å². The number of carbonyl (C=O) groups is 2. The molecular weight excluding hydrogens is 324 g/mol. The minimum atomic E-state index is -1.02. The van der Waals surface area contributed by atoms with E-state index in [2.05, 4.69) is 0 Å². The fourth-order valence-corrected chi connectivity index (χ4v) is 2.62. The standard InChI is InChI=1S/C14H6N2O8/c17-5-1-7-11(9(3-5)15(21)22)14(20)8-2-6(18)4-10(16(23)24)12(8)13(7)19/h1-4,17-18H. The minimum Gasteiger partial charge on any atom is -0.508 e. The molecule has 0 atom stereocenters. The van der Waals surface area contributed by atoms with Crippen LogP contribution in [0.3, 0.4) is 0 Å². The van der Waals surface area contributed by atoms with Crippen LogP contribution in [0.15, 0.2) is 24.3 Å². The lowest BCUT2D eigenvalue weighted by molar-refractivity contribution is -0.385. The van der Waals surface area contributed by atoms with E-state index < -0.39 is 66.5 Å². The van der Waals surface area contributed by atoms with Gasteiger partial charge in [0, 0.05) is 11.1 Å². The molecule has 0 saturated heterocycles. The zero-order chi connectivity index (χ0) is 17.8.